The lowest BCUT2D eigenvalue weighted by atomic mass is 10.1. The first-order chi connectivity index (χ1) is 7.95. The minimum Gasteiger partial charge on any atom is -0.508 e. The number of hydrogen-bond donors (Lipinski definition) is 2. The van der Waals surface area contributed by atoms with Crippen LogP contribution in [0.3, 0.4) is 0 Å². The number of hydrogen-bond acceptors (Lipinski definition) is 4. The first-order valence-electron chi connectivity index (χ1n) is 5.65. The van der Waals surface area contributed by atoms with Crippen LogP contribution in [0.5, 0.6) is 5.75 Å². The summed E-state index contributed by atoms with van der Waals surface area (Å²) >= 11 is 0. The minimum absolute atomic E-state index is 0.0461. The Morgan fingerprint density at radius 1 is 1.47 bits per heavy atom. The summed E-state index contributed by atoms with van der Waals surface area (Å²) in [6.07, 6.45) is 0. The smallest absolute Gasteiger partial charge is 0.122 e. The largest absolute Gasteiger partial charge is 0.508 e. The molecule has 3 N–H and O–H groups in total. The molecule has 92 valence electrons. The number of phenolic OH excluding ortho intramolecular Hbond substituents is 1. The van der Waals surface area contributed by atoms with Crippen molar-refractivity contribution >= 4 is 5.69 Å². The second-order valence-corrected chi connectivity index (χ2v) is 4.44. The molecule has 2 atom stereocenters. The number of phenols is 1. The third-order valence-electron chi connectivity index (χ3n) is 2.71. The van der Waals surface area contributed by atoms with Crippen LogP contribution >= 0.6 is 0 Å². The van der Waals surface area contributed by atoms with Crippen LogP contribution in [0.2, 0.25) is 0 Å². The van der Waals surface area contributed by atoms with Gasteiger partial charge in [-0.25, -0.2) is 0 Å². The highest BCUT2D eigenvalue weighted by Crippen LogP contribution is 2.27. The summed E-state index contributed by atoms with van der Waals surface area (Å²) in [4.78, 5) is 1.94. The second kappa shape index (κ2) is 5.55. The molecule has 0 spiro atoms. The predicted molar refractivity (Wildman–Crippen MR) is 68.8 cm³/mol. The van der Waals surface area contributed by atoms with E-state index in [4.69, 9.17) is 11.0 Å². The Bertz CT molecular complexity index is 423. The molecule has 0 aromatic heterocycles. The summed E-state index contributed by atoms with van der Waals surface area (Å²) < 4.78 is 0. The molecule has 1 rings (SSSR count). The Morgan fingerprint density at radius 3 is 2.59 bits per heavy atom. The molecule has 2 unspecified atom stereocenters. The van der Waals surface area contributed by atoms with Gasteiger partial charge in [0.25, 0.3) is 0 Å². The van der Waals surface area contributed by atoms with Crippen molar-refractivity contribution in [3.8, 4) is 11.8 Å². The highest BCUT2D eigenvalue weighted by molar-refractivity contribution is 5.53. The van der Waals surface area contributed by atoms with E-state index < -0.39 is 0 Å². The van der Waals surface area contributed by atoms with Crippen molar-refractivity contribution in [1.82, 2.24) is 0 Å². The SMILES string of the molecule is CC(C#N)CN(C)c1ccc(C(C)N)c(O)c1. The molecule has 0 amide bonds. The minimum atomic E-state index is -0.188. The van der Waals surface area contributed by atoms with E-state index in [1.807, 2.05) is 37.9 Å². The molecule has 0 radical (unpaired) electrons. The van der Waals surface area contributed by atoms with Crippen LogP contribution in [-0.2, 0) is 0 Å². The molecular formula is C13H19N3O. The molecule has 0 aliphatic rings. The molecule has 17 heavy (non-hydrogen) atoms. The highest BCUT2D eigenvalue weighted by atomic mass is 16.3. The van der Waals surface area contributed by atoms with Gasteiger partial charge in [-0.3, -0.25) is 0 Å². The van der Waals surface area contributed by atoms with E-state index in [1.165, 1.54) is 0 Å². The molecule has 0 fully saturated rings. The fourth-order valence-corrected chi connectivity index (χ4v) is 1.71. The molecule has 4 nitrogen and oxygen atoms in total. The molecule has 1 aromatic rings. The fourth-order valence-electron chi connectivity index (χ4n) is 1.71. The lowest BCUT2D eigenvalue weighted by molar-refractivity contribution is 0.463. The summed E-state index contributed by atoms with van der Waals surface area (Å²) in [6, 6.07) is 7.41. The van der Waals surface area contributed by atoms with Crippen molar-refractivity contribution in [3.63, 3.8) is 0 Å². The summed E-state index contributed by atoms with van der Waals surface area (Å²) in [5.41, 5.74) is 7.34. The van der Waals surface area contributed by atoms with Gasteiger partial charge in [-0.15, -0.1) is 0 Å². The van der Waals surface area contributed by atoms with Crippen molar-refractivity contribution < 1.29 is 5.11 Å². The van der Waals surface area contributed by atoms with Crippen LogP contribution in [0.15, 0.2) is 18.2 Å². The van der Waals surface area contributed by atoms with Crippen LogP contribution in [-0.4, -0.2) is 18.7 Å². The van der Waals surface area contributed by atoms with Crippen molar-refractivity contribution in [2.45, 2.75) is 19.9 Å². The van der Waals surface area contributed by atoms with E-state index in [9.17, 15) is 5.11 Å². The van der Waals surface area contributed by atoms with Crippen LogP contribution in [0.1, 0.15) is 25.5 Å². The van der Waals surface area contributed by atoms with Gasteiger partial charge in [0.05, 0.1) is 12.0 Å². The van der Waals surface area contributed by atoms with Gasteiger partial charge >= 0.3 is 0 Å². The van der Waals surface area contributed by atoms with Gasteiger partial charge in [0, 0.05) is 37.0 Å². The van der Waals surface area contributed by atoms with Crippen molar-refractivity contribution in [2.75, 3.05) is 18.5 Å². The standard InChI is InChI=1S/C13H19N3O/c1-9(7-14)8-16(3)11-4-5-12(10(2)15)13(17)6-11/h4-6,9-10,17H,8,15H2,1-3H3. The quantitative estimate of drug-likeness (QED) is 0.834. The van der Waals surface area contributed by atoms with Gasteiger partial charge in [0.2, 0.25) is 0 Å². The lowest BCUT2D eigenvalue weighted by Crippen LogP contribution is -2.23. The average Bonchev–Trinajstić information content (AvgIpc) is 2.28. The Kier molecular flexibility index (Phi) is 4.36. The summed E-state index contributed by atoms with van der Waals surface area (Å²) in [6.45, 7) is 4.33. The van der Waals surface area contributed by atoms with E-state index in [0.29, 0.717) is 6.54 Å². The third-order valence-corrected chi connectivity index (χ3v) is 2.71. The molecule has 0 saturated heterocycles. The lowest BCUT2D eigenvalue weighted by Gasteiger charge is -2.21. The average molecular weight is 233 g/mol. The molecular weight excluding hydrogens is 214 g/mol. The monoisotopic (exact) mass is 233 g/mol. The number of aromatic hydroxyl groups is 1. The predicted octanol–water partition coefficient (Wildman–Crippen LogP) is 2.01. The number of nitriles is 1. The van der Waals surface area contributed by atoms with Crippen LogP contribution in [0, 0.1) is 17.2 Å². The molecule has 0 aliphatic carbocycles. The Hall–Kier alpha value is -1.73. The van der Waals surface area contributed by atoms with E-state index in [2.05, 4.69) is 6.07 Å². The van der Waals surface area contributed by atoms with Crippen molar-refractivity contribution in [3.05, 3.63) is 23.8 Å². The zero-order valence-electron chi connectivity index (χ0n) is 10.5. The third kappa shape index (κ3) is 3.36. The van der Waals surface area contributed by atoms with E-state index in [-0.39, 0.29) is 17.7 Å². The summed E-state index contributed by atoms with van der Waals surface area (Å²) in [5.74, 6) is 0.157. The number of nitrogens with zero attached hydrogens (tertiary/aromatic N) is 2. The second-order valence-electron chi connectivity index (χ2n) is 4.44. The molecule has 0 saturated carbocycles. The first-order valence-corrected chi connectivity index (χ1v) is 5.65. The zero-order valence-corrected chi connectivity index (χ0v) is 10.5. The summed E-state index contributed by atoms with van der Waals surface area (Å²) in [5, 5.41) is 18.6. The molecule has 0 aliphatic heterocycles. The van der Waals surface area contributed by atoms with Gasteiger partial charge in [-0.2, -0.15) is 5.26 Å². The Morgan fingerprint density at radius 2 is 2.12 bits per heavy atom. The summed E-state index contributed by atoms with van der Waals surface area (Å²) in [7, 11) is 1.90. The van der Waals surface area contributed by atoms with E-state index in [1.54, 1.807) is 6.07 Å². The van der Waals surface area contributed by atoms with Gasteiger partial charge in [0.1, 0.15) is 5.75 Å². The Labute approximate surface area is 102 Å². The maximum atomic E-state index is 9.83. The number of anilines is 1. The molecule has 0 heterocycles. The molecule has 1 aromatic carbocycles. The highest BCUT2D eigenvalue weighted by Gasteiger charge is 2.10. The van der Waals surface area contributed by atoms with Crippen molar-refractivity contribution in [2.24, 2.45) is 11.7 Å². The van der Waals surface area contributed by atoms with Crippen LogP contribution in [0.25, 0.3) is 0 Å². The fraction of sp³-hybridized carbons (Fsp3) is 0.462. The van der Waals surface area contributed by atoms with Crippen molar-refractivity contribution in [1.29, 1.82) is 5.26 Å². The Balaban J connectivity index is 2.87. The number of nitrogens with two attached hydrogens (primary N) is 1. The maximum Gasteiger partial charge on any atom is 0.122 e. The van der Waals surface area contributed by atoms with Crippen LogP contribution < -0.4 is 10.6 Å². The van der Waals surface area contributed by atoms with Gasteiger partial charge < -0.3 is 15.7 Å². The van der Waals surface area contributed by atoms with Gasteiger partial charge in [0.15, 0.2) is 0 Å². The zero-order chi connectivity index (χ0) is 13.0. The first kappa shape index (κ1) is 13.3. The van der Waals surface area contributed by atoms with Gasteiger partial charge in [-0.1, -0.05) is 6.07 Å². The normalized spacial score (nSPS) is 13.8. The van der Waals surface area contributed by atoms with E-state index in [0.717, 1.165) is 11.3 Å². The number of rotatable bonds is 4. The topological polar surface area (TPSA) is 73.3 Å². The van der Waals surface area contributed by atoms with E-state index >= 15 is 0 Å². The molecule has 0 bridgehead atoms. The number of benzene rings is 1. The van der Waals surface area contributed by atoms with Crippen LogP contribution in [0.4, 0.5) is 5.69 Å². The molecule has 4 heteroatoms. The maximum absolute atomic E-state index is 9.83. The van der Waals surface area contributed by atoms with Gasteiger partial charge in [-0.05, 0) is 19.9 Å².